The van der Waals surface area contributed by atoms with Crippen LogP contribution in [-0.2, 0) is 14.2 Å². The third-order valence-electron chi connectivity index (χ3n) is 4.90. The lowest BCUT2D eigenvalue weighted by atomic mass is 9.97. The summed E-state index contributed by atoms with van der Waals surface area (Å²) in [4.78, 5) is 0. The van der Waals surface area contributed by atoms with Crippen LogP contribution < -0.4 is 0 Å². The van der Waals surface area contributed by atoms with Crippen LogP contribution in [0.5, 0.6) is 11.5 Å². The molecule has 0 amide bonds. The number of phenols is 2. The lowest BCUT2D eigenvalue weighted by molar-refractivity contribution is -0.257. The van der Waals surface area contributed by atoms with Gasteiger partial charge in [-0.1, -0.05) is 0 Å². The first kappa shape index (κ1) is 20.1. The highest BCUT2D eigenvalue weighted by Crippen LogP contribution is 2.39. The molecule has 3 unspecified atom stereocenters. The van der Waals surface area contributed by atoms with Gasteiger partial charge in [-0.3, -0.25) is 0 Å². The van der Waals surface area contributed by atoms with E-state index in [1.807, 2.05) is 0 Å². The molecular weight excluding hydrogens is 400 g/mol. The fraction of sp³-hybridized carbons (Fsp3) is 0.300. The van der Waals surface area contributed by atoms with Crippen molar-refractivity contribution in [2.75, 3.05) is 6.61 Å². The maximum absolute atomic E-state index is 10.2. The Bertz CT molecular complexity index is 976. The van der Waals surface area contributed by atoms with Crippen molar-refractivity contribution in [2.24, 2.45) is 0 Å². The van der Waals surface area contributed by atoms with Gasteiger partial charge in [-0.15, -0.1) is 0 Å². The van der Waals surface area contributed by atoms with Gasteiger partial charge in [0.1, 0.15) is 35.9 Å². The molecule has 160 valence electrons. The minimum atomic E-state index is -1.58. The lowest BCUT2D eigenvalue weighted by Crippen LogP contribution is -2.53. The lowest BCUT2D eigenvalue weighted by Gasteiger charge is -2.36. The number of rotatable bonds is 3. The summed E-state index contributed by atoms with van der Waals surface area (Å²) in [5.41, 5.74) is 0.531. The van der Waals surface area contributed by atoms with Crippen LogP contribution in [0.25, 0.3) is 5.76 Å². The number of ether oxygens (including phenoxy) is 3. The molecular formula is C20H20O10. The van der Waals surface area contributed by atoms with Crippen molar-refractivity contribution in [3.8, 4) is 11.5 Å². The summed E-state index contributed by atoms with van der Waals surface area (Å²) in [5, 5.41) is 69.0. The van der Waals surface area contributed by atoms with Gasteiger partial charge < -0.3 is 50.0 Å². The summed E-state index contributed by atoms with van der Waals surface area (Å²) in [6.07, 6.45) is -2.75. The number of hydrogen-bond acceptors (Lipinski definition) is 10. The van der Waals surface area contributed by atoms with Crippen molar-refractivity contribution in [2.45, 2.75) is 30.7 Å². The second-order valence-corrected chi connectivity index (χ2v) is 7.02. The van der Waals surface area contributed by atoms with Crippen molar-refractivity contribution >= 4 is 5.76 Å². The van der Waals surface area contributed by atoms with Gasteiger partial charge in [-0.2, -0.15) is 0 Å². The Kier molecular flexibility index (Phi) is 5.08. The van der Waals surface area contributed by atoms with Crippen LogP contribution in [0.1, 0.15) is 5.56 Å². The topological polar surface area (TPSA) is 169 Å². The molecule has 5 atom stereocenters. The van der Waals surface area contributed by atoms with Crippen molar-refractivity contribution in [1.82, 2.24) is 0 Å². The Morgan fingerprint density at radius 1 is 0.933 bits per heavy atom. The van der Waals surface area contributed by atoms with Crippen LogP contribution in [0.3, 0.4) is 0 Å². The summed E-state index contributed by atoms with van der Waals surface area (Å²) >= 11 is 0. The predicted octanol–water partition coefficient (Wildman–Crippen LogP) is 0.445. The van der Waals surface area contributed by atoms with Gasteiger partial charge in [0.15, 0.2) is 23.0 Å². The van der Waals surface area contributed by atoms with Crippen LogP contribution in [-0.4, -0.2) is 73.1 Å². The number of aliphatic hydroxyl groups is 5. The van der Waals surface area contributed by atoms with E-state index in [2.05, 4.69) is 0 Å². The predicted molar refractivity (Wildman–Crippen MR) is 99.9 cm³/mol. The smallest absolute Gasteiger partial charge is 0.229 e. The highest BCUT2D eigenvalue weighted by atomic mass is 16.7. The monoisotopic (exact) mass is 420 g/mol. The molecule has 30 heavy (non-hydrogen) atoms. The molecule has 7 N–H and O–H groups in total. The van der Waals surface area contributed by atoms with Crippen molar-refractivity contribution in [3.63, 3.8) is 0 Å². The quantitative estimate of drug-likeness (QED) is 0.341. The van der Waals surface area contributed by atoms with Gasteiger partial charge in [0.2, 0.25) is 6.29 Å². The van der Waals surface area contributed by atoms with Crippen LogP contribution in [0, 0.1) is 0 Å². The van der Waals surface area contributed by atoms with Gasteiger partial charge in [0.25, 0.3) is 0 Å². The van der Waals surface area contributed by atoms with Crippen molar-refractivity contribution in [3.05, 3.63) is 64.8 Å². The molecule has 0 bridgehead atoms. The minimum absolute atomic E-state index is 0.0197. The van der Waals surface area contributed by atoms with E-state index in [1.54, 1.807) is 0 Å². The van der Waals surface area contributed by atoms with Gasteiger partial charge in [-0.05, 0) is 24.3 Å². The normalized spacial score (nSPS) is 31.2. The molecule has 10 heteroatoms. The average molecular weight is 420 g/mol. The Balaban J connectivity index is 1.75. The molecule has 1 aliphatic carbocycles. The zero-order chi connectivity index (χ0) is 21.6. The minimum Gasteiger partial charge on any atom is -0.508 e. The standard InChI is InChI=1S/C20H20O10/c21-9-4-12(23)10-6-16(30-20-18(27)17(26)14(25)7-28-20)19(29-15(10)5-9)8-1-2-11(22)13(24)3-8/h1-6,14-15,17-18,20-27H,7H2/t14-,15?,17+,18?,20?/m1/s1. The summed E-state index contributed by atoms with van der Waals surface area (Å²) in [6.45, 7) is -0.284. The van der Waals surface area contributed by atoms with E-state index in [4.69, 9.17) is 14.2 Å². The van der Waals surface area contributed by atoms with Gasteiger partial charge in [0, 0.05) is 23.3 Å². The van der Waals surface area contributed by atoms with E-state index in [-0.39, 0.29) is 46.5 Å². The van der Waals surface area contributed by atoms with Crippen LogP contribution >= 0.6 is 0 Å². The highest BCUT2D eigenvalue weighted by molar-refractivity contribution is 5.70. The Morgan fingerprint density at radius 3 is 2.43 bits per heavy atom. The second kappa shape index (κ2) is 7.58. The van der Waals surface area contributed by atoms with Crippen molar-refractivity contribution < 1.29 is 50.0 Å². The Hall–Kier alpha value is -3.18. The molecule has 2 aliphatic heterocycles. The van der Waals surface area contributed by atoms with E-state index in [0.29, 0.717) is 0 Å². The Morgan fingerprint density at radius 2 is 1.70 bits per heavy atom. The van der Waals surface area contributed by atoms with Gasteiger partial charge >= 0.3 is 0 Å². The molecule has 3 aliphatic rings. The third kappa shape index (κ3) is 3.57. The highest BCUT2D eigenvalue weighted by Gasteiger charge is 2.40. The molecule has 10 nitrogen and oxygen atoms in total. The Labute approximate surface area is 170 Å². The molecule has 0 saturated carbocycles. The van der Waals surface area contributed by atoms with Crippen LogP contribution in [0.4, 0.5) is 0 Å². The second-order valence-electron chi connectivity index (χ2n) is 7.02. The van der Waals surface area contributed by atoms with E-state index in [9.17, 15) is 35.7 Å². The largest absolute Gasteiger partial charge is 0.508 e. The molecule has 2 heterocycles. The van der Waals surface area contributed by atoms with Crippen LogP contribution in [0.2, 0.25) is 0 Å². The number of phenolic OH excluding ortho intramolecular Hbond substituents is 2. The maximum Gasteiger partial charge on any atom is 0.229 e. The van der Waals surface area contributed by atoms with Crippen LogP contribution in [0.15, 0.2) is 59.3 Å². The molecule has 1 aromatic rings. The fourth-order valence-corrected chi connectivity index (χ4v) is 3.28. The van der Waals surface area contributed by atoms with E-state index < -0.39 is 36.5 Å². The molecule has 0 spiro atoms. The number of aromatic hydroxyl groups is 2. The van der Waals surface area contributed by atoms with E-state index in [1.165, 1.54) is 30.4 Å². The molecule has 4 rings (SSSR count). The number of fused-ring (bicyclic) bond motifs is 1. The first-order valence-corrected chi connectivity index (χ1v) is 9.03. The molecule has 1 aromatic carbocycles. The summed E-state index contributed by atoms with van der Waals surface area (Å²) < 4.78 is 16.8. The number of aliphatic hydroxyl groups excluding tert-OH is 5. The molecule has 1 fully saturated rings. The summed E-state index contributed by atoms with van der Waals surface area (Å²) in [6, 6.07) is 3.88. The van der Waals surface area contributed by atoms with Crippen molar-refractivity contribution in [1.29, 1.82) is 0 Å². The number of allylic oxidation sites excluding steroid dienone is 2. The zero-order valence-corrected chi connectivity index (χ0v) is 15.4. The fourth-order valence-electron chi connectivity index (χ4n) is 3.28. The average Bonchev–Trinajstić information content (AvgIpc) is 2.70. The van der Waals surface area contributed by atoms with Gasteiger partial charge in [0.05, 0.1) is 6.61 Å². The number of hydrogen-bond donors (Lipinski definition) is 7. The zero-order valence-electron chi connectivity index (χ0n) is 15.4. The molecule has 0 aromatic heterocycles. The maximum atomic E-state index is 10.2. The first-order valence-electron chi connectivity index (χ1n) is 9.03. The molecule has 1 saturated heterocycles. The SMILES string of the molecule is OC1=CC2OC(c3ccc(O)c(O)c3)=C(OC3OC[C@@H](O)[C@H](O)C3O)C=C2C(O)=C1. The summed E-state index contributed by atoms with van der Waals surface area (Å²) in [7, 11) is 0. The van der Waals surface area contributed by atoms with Gasteiger partial charge in [-0.25, -0.2) is 0 Å². The third-order valence-corrected chi connectivity index (χ3v) is 4.90. The summed E-state index contributed by atoms with van der Waals surface area (Å²) in [5.74, 6) is -1.23. The van der Waals surface area contributed by atoms with E-state index in [0.717, 1.165) is 6.08 Å². The first-order chi connectivity index (χ1) is 14.2. The van der Waals surface area contributed by atoms with E-state index >= 15 is 0 Å². The molecule has 0 radical (unpaired) electrons. The number of benzene rings is 1.